The smallest absolute Gasteiger partial charge is 0.0523 e. The highest BCUT2D eigenvalue weighted by Crippen LogP contribution is 2.14. The van der Waals surface area contributed by atoms with E-state index in [1.807, 2.05) is 24.3 Å². The summed E-state index contributed by atoms with van der Waals surface area (Å²) in [5, 5.41) is 2.10. The van der Waals surface area contributed by atoms with Crippen LogP contribution in [0.2, 0.25) is 0 Å². The molecule has 0 saturated carbocycles. The van der Waals surface area contributed by atoms with E-state index >= 15 is 0 Å². The molecule has 0 aliphatic carbocycles. The van der Waals surface area contributed by atoms with Crippen LogP contribution < -0.4 is 15.3 Å². The van der Waals surface area contributed by atoms with Gasteiger partial charge in [-0.05, 0) is 29.8 Å². The Morgan fingerprint density at radius 2 is 1.62 bits per heavy atom. The molecular weight excluding hydrogens is 258 g/mol. The van der Waals surface area contributed by atoms with Gasteiger partial charge in [-0.1, -0.05) is 36.4 Å². The molecule has 2 rings (SSSR count). The normalized spacial score (nSPS) is 10.2. The van der Waals surface area contributed by atoms with Crippen LogP contribution >= 0.6 is 0 Å². The second-order valence-electron chi connectivity index (χ2n) is 5.13. The Morgan fingerprint density at radius 3 is 2.19 bits per heavy atom. The van der Waals surface area contributed by atoms with Crippen molar-refractivity contribution in [2.24, 2.45) is 0 Å². The second kappa shape index (κ2) is 7.50. The van der Waals surface area contributed by atoms with Gasteiger partial charge in [-0.25, -0.2) is 5.43 Å². The zero-order valence-electron chi connectivity index (χ0n) is 12.8. The van der Waals surface area contributed by atoms with Crippen molar-refractivity contribution >= 4 is 11.4 Å². The molecule has 0 amide bonds. The van der Waals surface area contributed by atoms with Gasteiger partial charge in [0.15, 0.2) is 0 Å². The van der Waals surface area contributed by atoms with Crippen molar-refractivity contribution in [2.75, 3.05) is 30.5 Å². The van der Waals surface area contributed by atoms with Crippen molar-refractivity contribution in [1.82, 2.24) is 5.43 Å². The van der Waals surface area contributed by atoms with Crippen LogP contribution in [0, 0.1) is 0 Å². The van der Waals surface area contributed by atoms with Gasteiger partial charge in [0.1, 0.15) is 0 Å². The van der Waals surface area contributed by atoms with E-state index in [0.29, 0.717) is 0 Å². The molecule has 110 valence electrons. The van der Waals surface area contributed by atoms with Crippen LogP contribution in [0.25, 0.3) is 0 Å². The number of nitrogens with zero attached hydrogens (tertiary/aromatic N) is 2. The third-order valence-corrected chi connectivity index (χ3v) is 3.31. The fourth-order valence-electron chi connectivity index (χ4n) is 2.10. The molecule has 0 aliphatic rings. The third-order valence-electron chi connectivity index (χ3n) is 3.31. The van der Waals surface area contributed by atoms with E-state index in [-0.39, 0.29) is 0 Å². The van der Waals surface area contributed by atoms with E-state index < -0.39 is 0 Å². The van der Waals surface area contributed by atoms with E-state index in [2.05, 4.69) is 72.4 Å². The molecule has 0 radical (unpaired) electrons. The summed E-state index contributed by atoms with van der Waals surface area (Å²) in [5.74, 6) is 0. The minimum atomic E-state index is 0.764. The zero-order chi connectivity index (χ0) is 15.1. The van der Waals surface area contributed by atoms with E-state index in [1.54, 1.807) is 0 Å². The number of hydrazine groups is 1. The van der Waals surface area contributed by atoms with Crippen LogP contribution in [-0.2, 0) is 6.54 Å². The molecule has 0 unspecified atom stereocenters. The quantitative estimate of drug-likeness (QED) is 0.619. The Labute approximate surface area is 127 Å². The summed E-state index contributed by atoms with van der Waals surface area (Å²) < 4.78 is 0. The Morgan fingerprint density at radius 1 is 0.952 bits per heavy atom. The van der Waals surface area contributed by atoms with Crippen LogP contribution in [0.1, 0.15) is 5.56 Å². The Balaban J connectivity index is 2.00. The van der Waals surface area contributed by atoms with Crippen molar-refractivity contribution in [3.8, 4) is 0 Å². The fourth-order valence-corrected chi connectivity index (χ4v) is 2.10. The van der Waals surface area contributed by atoms with Crippen LogP contribution in [0.15, 0.2) is 67.3 Å². The van der Waals surface area contributed by atoms with Gasteiger partial charge in [0.25, 0.3) is 0 Å². The van der Waals surface area contributed by atoms with E-state index in [9.17, 15) is 0 Å². The molecule has 0 aromatic heterocycles. The summed E-state index contributed by atoms with van der Waals surface area (Å²) in [4.78, 5) is 2.10. The Kier molecular flexibility index (Phi) is 5.41. The molecule has 0 aliphatic heterocycles. The molecule has 3 heteroatoms. The van der Waals surface area contributed by atoms with Crippen molar-refractivity contribution < 1.29 is 0 Å². The molecule has 0 atom stereocenters. The van der Waals surface area contributed by atoms with Gasteiger partial charge < -0.3 is 9.91 Å². The number of hydrogen-bond acceptors (Lipinski definition) is 3. The van der Waals surface area contributed by atoms with Crippen molar-refractivity contribution in [1.29, 1.82) is 0 Å². The molecule has 0 spiro atoms. The molecule has 21 heavy (non-hydrogen) atoms. The number of benzene rings is 2. The highest BCUT2D eigenvalue weighted by molar-refractivity contribution is 5.47. The lowest BCUT2D eigenvalue weighted by Crippen LogP contribution is -2.37. The number of nitrogens with one attached hydrogen (secondary N) is 1. The van der Waals surface area contributed by atoms with Gasteiger partial charge in [-0.2, -0.15) is 0 Å². The molecular formula is C18H23N3. The molecule has 3 nitrogen and oxygen atoms in total. The minimum Gasteiger partial charge on any atom is -0.378 e. The lowest BCUT2D eigenvalue weighted by atomic mass is 10.2. The topological polar surface area (TPSA) is 18.5 Å². The predicted octanol–water partition coefficient (Wildman–Crippen LogP) is 3.45. The Hall–Kier alpha value is -2.26. The summed E-state index contributed by atoms with van der Waals surface area (Å²) in [6.07, 6.45) is 1.90. The number of anilines is 2. The SMILES string of the molecule is C=CCN(NCc1ccc(N(C)C)cc1)c1ccccc1. The summed E-state index contributed by atoms with van der Waals surface area (Å²) in [7, 11) is 4.10. The largest absolute Gasteiger partial charge is 0.378 e. The molecule has 0 heterocycles. The van der Waals surface area contributed by atoms with Gasteiger partial charge in [-0.15, -0.1) is 6.58 Å². The fraction of sp³-hybridized carbons (Fsp3) is 0.222. The average Bonchev–Trinajstić information content (AvgIpc) is 2.52. The molecule has 0 saturated heterocycles. The van der Waals surface area contributed by atoms with Crippen molar-refractivity contribution in [2.45, 2.75) is 6.54 Å². The number of para-hydroxylation sites is 1. The summed E-state index contributed by atoms with van der Waals surface area (Å²) >= 11 is 0. The van der Waals surface area contributed by atoms with Gasteiger partial charge in [0.2, 0.25) is 0 Å². The number of hydrogen-bond donors (Lipinski definition) is 1. The predicted molar refractivity (Wildman–Crippen MR) is 91.6 cm³/mol. The molecule has 0 fully saturated rings. The monoisotopic (exact) mass is 281 g/mol. The lowest BCUT2D eigenvalue weighted by Gasteiger charge is -2.24. The summed E-state index contributed by atoms with van der Waals surface area (Å²) in [6.45, 7) is 5.38. The zero-order valence-corrected chi connectivity index (χ0v) is 12.8. The van der Waals surface area contributed by atoms with Gasteiger partial charge >= 0.3 is 0 Å². The standard InChI is InChI=1S/C18H23N3/c1-4-14-21(18-8-6-5-7-9-18)19-15-16-10-12-17(13-11-16)20(2)3/h4-13,19H,1,14-15H2,2-3H3. The minimum absolute atomic E-state index is 0.764. The first-order valence-corrected chi connectivity index (χ1v) is 7.14. The molecule has 2 aromatic carbocycles. The van der Waals surface area contributed by atoms with E-state index in [0.717, 1.165) is 18.8 Å². The van der Waals surface area contributed by atoms with Gasteiger partial charge in [-0.3, -0.25) is 0 Å². The molecule has 2 aromatic rings. The first-order valence-electron chi connectivity index (χ1n) is 7.14. The van der Waals surface area contributed by atoms with Crippen LogP contribution in [-0.4, -0.2) is 20.6 Å². The summed E-state index contributed by atoms with van der Waals surface area (Å²) in [6, 6.07) is 18.9. The van der Waals surface area contributed by atoms with Crippen LogP contribution in [0.5, 0.6) is 0 Å². The maximum absolute atomic E-state index is 3.82. The maximum Gasteiger partial charge on any atom is 0.0523 e. The van der Waals surface area contributed by atoms with Crippen LogP contribution in [0.3, 0.4) is 0 Å². The lowest BCUT2D eigenvalue weighted by molar-refractivity contribution is 0.653. The van der Waals surface area contributed by atoms with Crippen molar-refractivity contribution in [3.05, 3.63) is 72.8 Å². The second-order valence-corrected chi connectivity index (χ2v) is 5.13. The highest BCUT2D eigenvalue weighted by atomic mass is 15.5. The van der Waals surface area contributed by atoms with E-state index in [4.69, 9.17) is 0 Å². The van der Waals surface area contributed by atoms with Crippen molar-refractivity contribution in [3.63, 3.8) is 0 Å². The molecule has 1 N–H and O–H groups in total. The third kappa shape index (κ3) is 4.36. The summed E-state index contributed by atoms with van der Waals surface area (Å²) in [5.41, 5.74) is 7.06. The maximum atomic E-state index is 3.82. The van der Waals surface area contributed by atoms with Crippen LogP contribution in [0.4, 0.5) is 11.4 Å². The first kappa shape index (κ1) is 15.1. The first-order chi connectivity index (χ1) is 10.2. The average molecular weight is 281 g/mol. The molecule has 0 bridgehead atoms. The van der Waals surface area contributed by atoms with Gasteiger partial charge in [0.05, 0.1) is 12.2 Å². The van der Waals surface area contributed by atoms with E-state index in [1.165, 1.54) is 11.3 Å². The van der Waals surface area contributed by atoms with Gasteiger partial charge in [0, 0.05) is 26.3 Å². The highest BCUT2D eigenvalue weighted by Gasteiger charge is 2.04. The Bertz CT molecular complexity index is 546. The number of rotatable bonds is 7.